The van der Waals surface area contributed by atoms with E-state index in [9.17, 15) is 14.7 Å². The number of aliphatic hydroxyl groups is 1. The number of carbonyl (C=O) groups is 2. The quantitative estimate of drug-likeness (QED) is 0.437. The second-order valence-corrected chi connectivity index (χ2v) is 6.28. The fraction of sp³-hybridized carbons (Fsp3) is 0.250. The molecule has 0 saturated heterocycles. The van der Waals surface area contributed by atoms with E-state index >= 15 is 0 Å². The summed E-state index contributed by atoms with van der Waals surface area (Å²) in [5.41, 5.74) is 1.42. The first-order chi connectivity index (χ1) is 14.5. The number of aromatic amines is 1. The third kappa shape index (κ3) is 4.28. The van der Waals surface area contributed by atoms with Gasteiger partial charge in [-0.15, -0.1) is 0 Å². The monoisotopic (exact) mass is 414 g/mol. The molecule has 3 rings (SSSR count). The van der Waals surface area contributed by atoms with Crippen molar-refractivity contribution in [2.75, 3.05) is 33.3 Å². The molecule has 1 atom stereocenters. The van der Waals surface area contributed by atoms with Crippen molar-refractivity contribution >= 4 is 28.4 Å². The molecule has 0 radical (unpaired) electrons. The lowest BCUT2D eigenvalue weighted by Gasteiger charge is -2.18. The van der Waals surface area contributed by atoms with Gasteiger partial charge in [-0.05, 0) is 30.3 Å². The Hall–Kier alpha value is -3.79. The van der Waals surface area contributed by atoms with E-state index in [2.05, 4.69) is 20.8 Å². The van der Waals surface area contributed by atoms with Crippen molar-refractivity contribution in [2.24, 2.45) is 0 Å². The van der Waals surface area contributed by atoms with Crippen LogP contribution in [0.2, 0.25) is 0 Å². The first-order valence-electron chi connectivity index (χ1n) is 8.96. The van der Waals surface area contributed by atoms with Crippen LogP contribution in [0.1, 0.15) is 10.4 Å². The van der Waals surface area contributed by atoms with Gasteiger partial charge >= 0.3 is 0 Å². The Kier molecular flexibility index (Phi) is 6.38. The van der Waals surface area contributed by atoms with Crippen molar-refractivity contribution in [3.63, 3.8) is 0 Å². The van der Waals surface area contributed by atoms with E-state index in [1.165, 1.54) is 33.5 Å². The molecule has 30 heavy (non-hydrogen) atoms. The number of ether oxygens (including phenoxy) is 3. The Balaban J connectivity index is 1.75. The summed E-state index contributed by atoms with van der Waals surface area (Å²) in [6.45, 7) is -0.589. The van der Waals surface area contributed by atoms with Gasteiger partial charge in [-0.2, -0.15) is 5.10 Å². The van der Waals surface area contributed by atoms with Crippen molar-refractivity contribution in [2.45, 2.75) is 6.04 Å². The average Bonchev–Trinajstić information content (AvgIpc) is 3.23. The van der Waals surface area contributed by atoms with Gasteiger partial charge in [0, 0.05) is 16.6 Å². The number of amides is 2. The normalized spacial score (nSPS) is 11.6. The number of aliphatic hydroxyl groups excluding tert-OH is 1. The van der Waals surface area contributed by atoms with Crippen molar-refractivity contribution in [3.8, 4) is 17.2 Å². The number of aromatic nitrogens is 2. The summed E-state index contributed by atoms with van der Waals surface area (Å²) in [4.78, 5) is 25.2. The Morgan fingerprint density at radius 1 is 1.10 bits per heavy atom. The molecule has 2 aromatic carbocycles. The molecule has 10 heteroatoms. The standard InChI is InChI=1S/C20H22N4O6/c1-28-16-6-12(7-17(29-2)18(16)30-3)19(26)23-15(10-25)20(27)22-13-5-4-11-9-21-24-14(11)8-13/h4-9,15,25H,10H2,1-3H3,(H,21,24)(H,22,27)(H,23,26)/t15-/m0/s1. The first kappa shape index (κ1) is 20.9. The summed E-state index contributed by atoms with van der Waals surface area (Å²) in [7, 11) is 4.31. The largest absolute Gasteiger partial charge is 0.493 e. The lowest BCUT2D eigenvalue weighted by Crippen LogP contribution is -2.46. The number of hydrogen-bond acceptors (Lipinski definition) is 7. The summed E-state index contributed by atoms with van der Waals surface area (Å²) >= 11 is 0. The Morgan fingerprint density at radius 3 is 2.40 bits per heavy atom. The number of nitrogens with one attached hydrogen (secondary N) is 3. The average molecular weight is 414 g/mol. The molecule has 3 aromatic rings. The number of H-pyrrole nitrogens is 1. The Labute approximate surface area is 172 Å². The van der Waals surface area contributed by atoms with Gasteiger partial charge in [0.05, 0.1) is 39.6 Å². The van der Waals surface area contributed by atoms with E-state index in [0.29, 0.717) is 22.9 Å². The second kappa shape index (κ2) is 9.14. The predicted octanol–water partition coefficient (Wildman–Crippen LogP) is 1.32. The van der Waals surface area contributed by atoms with Crippen LogP contribution >= 0.6 is 0 Å². The van der Waals surface area contributed by atoms with Crippen LogP contribution in [0.4, 0.5) is 5.69 Å². The molecule has 2 amide bonds. The van der Waals surface area contributed by atoms with Crippen LogP contribution in [0, 0.1) is 0 Å². The van der Waals surface area contributed by atoms with Crippen molar-refractivity contribution in [1.82, 2.24) is 15.5 Å². The number of nitrogens with zero attached hydrogens (tertiary/aromatic N) is 1. The number of anilines is 1. The molecule has 0 unspecified atom stereocenters. The zero-order chi connectivity index (χ0) is 21.7. The van der Waals surface area contributed by atoms with Crippen LogP contribution in [-0.2, 0) is 4.79 Å². The van der Waals surface area contributed by atoms with Crippen molar-refractivity contribution in [1.29, 1.82) is 0 Å². The second-order valence-electron chi connectivity index (χ2n) is 6.28. The summed E-state index contributed by atoms with van der Waals surface area (Å²) < 4.78 is 15.7. The van der Waals surface area contributed by atoms with Gasteiger partial charge in [-0.25, -0.2) is 0 Å². The van der Waals surface area contributed by atoms with E-state index in [1.54, 1.807) is 24.4 Å². The molecule has 10 nitrogen and oxygen atoms in total. The number of methoxy groups -OCH3 is 3. The topological polar surface area (TPSA) is 135 Å². The van der Waals surface area contributed by atoms with E-state index < -0.39 is 24.5 Å². The zero-order valence-electron chi connectivity index (χ0n) is 16.7. The van der Waals surface area contributed by atoms with Gasteiger partial charge in [0.25, 0.3) is 5.91 Å². The number of hydrogen-bond donors (Lipinski definition) is 4. The number of benzene rings is 2. The molecule has 0 saturated carbocycles. The molecular formula is C20H22N4O6. The van der Waals surface area contributed by atoms with Gasteiger partial charge in [0.15, 0.2) is 11.5 Å². The molecule has 1 aromatic heterocycles. The van der Waals surface area contributed by atoms with Crippen LogP contribution in [-0.4, -0.2) is 61.1 Å². The highest BCUT2D eigenvalue weighted by Gasteiger charge is 2.23. The molecule has 0 fully saturated rings. The van der Waals surface area contributed by atoms with Gasteiger partial charge in [0.2, 0.25) is 11.7 Å². The van der Waals surface area contributed by atoms with Crippen LogP contribution in [0.3, 0.4) is 0 Å². The number of rotatable bonds is 8. The van der Waals surface area contributed by atoms with Gasteiger partial charge in [-0.1, -0.05) is 0 Å². The van der Waals surface area contributed by atoms with E-state index in [1.807, 2.05) is 0 Å². The highest BCUT2D eigenvalue weighted by Crippen LogP contribution is 2.38. The molecule has 4 N–H and O–H groups in total. The maximum absolute atomic E-state index is 12.7. The molecule has 1 heterocycles. The molecular weight excluding hydrogens is 392 g/mol. The minimum Gasteiger partial charge on any atom is -0.493 e. The minimum atomic E-state index is -1.17. The third-order valence-electron chi connectivity index (χ3n) is 4.44. The lowest BCUT2D eigenvalue weighted by molar-refractivity contribution is -0.118. The third-order valence-corrected chi connectivity index (χ3v) is 4.44. The summed E-state index contributed by atoms with van der Waals surface area (Å²) in [5.74, 6) is -0.244. The molecule has 0 aliphatic rings. The molecule has 0 aliphatic carbocycles. The van der Waals surface area contributed by atoms with Crippen LogP contribution in [0.5, 0.6) is 17.2 Å². The van der Waals surface area contributed by atoms with E-state index in [4.69, 9.17) is 14.2 Å². The van der Waals surface area contributed by atoms with E-state index in [-0.39, 0.29) is 5.56 Å². The van der Waals surface area contributed by atoms with E-state index in [0.717, 1.165) is 10.9 Å². The summed E-state index contributed by atoms with van der Waals surface area (Å²) in [6, 6.07) is 6.93. The van der Waals surface area contributed by atoms with Crippen molar-refractivity contribution in [3.05, 3.63) is 42.1 Å². The fourth-order valence-electron chi connectivity index (χ4n) is 2.89. The summed E-state index contributed by atoms with van der Waals surface area (Å²) in [6.07, 6.45) is 1.66. The SMILES string of the molecule is COc1cc(C(=O)N[C@@H](CO)C(=O)Nc2ccc3cn[nH]c3c2)cc(OC)c1OC. The minimum absolute atomic E-state index is 0.176. The fourth-order valence-corrected chi connectivity index (χ4v) is 2.89. The molecule has 0 spiro atoms. The maximum atomic E-state index is 12.7. The maximum Gasteiger partial charge on any atom is 0.252 e. The van der Waals surface area contributed by atoms with Crippen LogP contribution < -0.4 is 24.8 Å². The highest BCUT2D eigenvalue weighted by atomic mass is 16.5. The number of carbonyl (C=O) groups excluding carboxylic acids is 2. The lowest BCUT2D eigenvalue weighted by atomic mass is 10.1. The Morgan fingerprint density at radius 2 is 1.80 bits per heavy atom. The van der Waals surface area contributed by atoms with Gasteiger partial charge in [-0.3, -0.25) is 14.7 Å². The van der Waals surface area contributed by atoms with Gasteiger partial charge in [0.1, 0.15) is 6.04 Å². The molecule has 0 aliphatic heterocycles. The molecule has 158 valence electrons. The first-order valence-corrected chi connectivity index (χ1v) is 8.96. The van der Waals surface area contributed by atoms with Crippen molar-refractivity contribution < 1.29 is 28.9 Å². The highest BCUT2D eigenvalue weighted by molar-refractivity contribution is 6.02. The van der Waals surface area contributed by atoms with Crippen LogP contribution in [0.25, 0.3) is 10.9 Å². The summed E-state index contributed by atoms with van der Waals surface area (Å²) in [5, 5.41) is 22.4. The van der Waals surface area contributed by atoms with Gasteiger partial charge < -0.3 is 30.0 Å². The number of fused-ring (bicyclic) bond motifs is 1. The molecule has 0 bridgehead atoms. The van der Waals surface area contributed by atoms with Crippen LogP contribution in [0.15, 0.2) is 36.5 Å². The smallest absolute Gasteiger partial charge is 0.252 e. The zero-order valence-corrected chi connectivity index (χ0v) is 16.7. The Bertz CT molecular complexity index is 1040. The predicted molar refractivity (Wildman–Crippen MR) is 109 cm³/mol.